The normalized spacial score (nSPS) is 17.7. The molecule has 1 saturated heterocycles. The molecule has 2 atom stereocenters. The lowest BCUT2D eigenvalue weighted by Gasteiger charge is -2.33. The Labute approximate surface area is 205 Å². The average Bonchev–Trinajstić information content (AvgIpc) is 3.29. The molecule has 4 rings (SSSR count). The highest BCUT2D eigenvalue weighted by atomic mass is 35.5. The number of nitrogens with zero attached hydrogens (tertiary/aromatic N) is 2. The van der Waals surface area contributed by atoms with E-state index in [1.165, 1.54) is 22.5 Å². The van der Waals surface area contributed by atoms with Gasteiger partial charge in [0.15, 0.2) is 4.47 Å². The summed E-state index contributed by atoms with van der Waals surface area (Å²) in [4.78, 5) is 6.83. The van der Waals surface area contributed by atoms with Gasteiger partial charge in [-0.1, -0.05) is 61.0 Å². The van der Waals surface area contributed by atoms with Crippen molar-refractivity contribution in [3.05, 3.63) is 81.3 Å². The fraction of sp³-hybridized carbons (Fsp3) is 0.423. The van der Waals surface area contributed by atoms with E-state index < -0.39 is 0 Å². The highest BCUT2D eigenvalue weighted by Crippen LogP contribution is 2.27. The number of hydrogen-bond acceptors (Lipinski definition) is 6. The zero-order valence-electron chi connectivity index (χ0n) is 19.0. The monoisotopic (exact) mass is 486 g/mol. The van der Waals surface area contributed by atoms with Gasteiger partial charge in [-0.25, -0.2) is 4.98 Å². The van der Waals surface area contributed by atoms with Gasteiger partial charge in [0, 0.05) is 25.0 Å². The van der Waals surface area contributed by atoms with Crippen molar-refractivity contribution in [3.63, 3.8) is 0 Å². The van der Waals surface area contributed by atoms with Crippen molar-refractivity contribution >= 4 is 22.9 Å². The zero-order valence-corrected chi connectivity index (χ0v) is 20.6. The van der Waals surface area contributed by atoms with Crippen LogP contribution in [0.5, 0.6) is 5.75 Å². The lowest BCUT2D eigenvalue weighted by molar-refractivity contribution is -0.0331. The van der Waals surface area contributed by atoms with Crippen LogP contribution >= 0.6 is 22.9 Å². The SMILES string of the molecule is CC(CN1CCOC(c2csc(Cl)n2)C1)c1ccc(OCCOCCc2ccccc2)cc1. The van der Waals surface area contributed by atoms with E-state index in [-0.39, 0.29) is 6.10 Å². The van der Waals surface area contributed by atoms with Crippen LogP contribution in [0.25, 0.3) is 0 Å². The summed E-state index contributed by atoms with van der Waals surface area (Å²) in [5.74, 6) is 1.29. The quantitative estimate of drug-likeness (QED) is 0.329. The van der Waals surface area contributed by atoms with Gasteiger partial charge in [0.2, 0.25) is 0 Å². The number of thiazole rings is 1. The minimum Gasteiger partial charge on any atom is -0.491 e. The molecule has 176 valence electrons. The van der Waals surface area contributed by atoms with Crippen LogP contribution in [0.1, 0.15) is 35.8 Å². The van der Waals surface area contributed by atoms with Crippen LogP contribution < -0.4 is 4.74 Å². The van der Waals surface area contributed by atoms with E-state index in [4.69, 9.17) is 25.8 Å². The molecule has 0 bridgehead atoms. The number of rotatable bonds is 11. The summed E-state index contributed by atoms with van der Waals surface area (Å²) in [6.45, 7) is 7.59. The van der Waals surface area contributed by atoms with Crippen molar-refractivity contribution in [1.29, 1.82) is 0 Å². The van der Waals surface area contributed by atoms with E-state index in [9.17, 15) is 0 Å². The minimum absolute atomic E-state index is 0.000359. The molecule has 0 saturated carbocycles. The highest BCUT2D eigenvalue weighted by Gasteiger charge is 2.25. The van der Waals surface area contributed by atoms with E-state index in [1.54, 1.807) is 0 Å². The Morgan fingerprint density at radius 1 is 1.12 bits per heavy atom. The summed E-state index contributed by atoms with van der Waals surface area (Å²) in [7, 11) is 0. The third kappa shape index (κ3) is 7.52. The van der Waals surface area contributed by atoms with Gasteiger partial charge in [0.1, 0.15) is 18.5 Å². The Morgan fingerprint density at radius 3 is 2.70 bits per heavy atom. The molecule has 0 radical (unpaired) electrons. The van der Waals surface area contributed by atoms with Crippen LogP contribution in [0.2, 0.25) is 4.47 Å². The first kappa shape index (κ1) is 24.2. The zero-order chi connectivity index (χ0) is 22.9. The van der Waals surface area contributed by atoms with Gasteiger partial charge < -0.3 is 14.2 Å². The second-order valence-electron chi connectivity index (χ2n) is 8.31. The van der Waals surface area contributed by atoms with Gasteiger partial charge in [-0.15, -0.1) is 11.3 Å². The Bertz CT molecular complexity index is 967. The summed E-state index contributed by atoms with van der Waals surface area (Å²) in [5.41, 5.74) is 3.54. The van der Waals surface area contributed by atoms with Gasteiger partial charge >= 0.3 is 0 Å². The first-order valence-corrected chi connectivity index (χ1v) is 12.7. The summed E-state index contributed by atoms with van der Waals surface area (Å²) in [6, 6.07) is 18.8. The van der Waals surface area contributed by atoms with Crippen LogP contribution in [0.15, 0.2) is 60.0 Å². The van der Waals surface area contributed by atoms with Crippen LogP contribution in [-0.2, 0) is 15.9 Å². The third-order valence-corrected chi connectivity index (χ3v) is 6.83. The summed E-state index contributed by atoms with van der Waals surface area (Å²) >= 11 is 7.45. The number of morpholine rings is 1. The van der Waals surface area contributed by atoms with Crippen molar-refractivity contribution in [1.82, 2.24) is 9.88 Å². The predicted octanol–water partition coefficient (Wildman–Crippen LogP) is 5.61. The first-order chi connectivity index (χ1) is 16.2. The Kier molecular flexibility index (Phi) is 9.15. The van der Waals surface area contributed by atoms with Crippen molar-refractivity contribution in [2.45, 2.75) is 25.4 Å². The molecule has 1 aliphatic heterocycles. The molecule has 2 aromatic carbocycles. The molecule has 2 heterocycles. The van der Waals surface area contributed by atoms with Gasteiger partial charge in [0.05, 0.1) is 25.5 Å². The molecule has 7 heteroatoms. The number of benzene rings is 2. The van der Waals surface area contributed by atoms with E-state index >= 15 is 0 Å². The first-order valence-electron chi connectivity index (χ1n) is 11.5. The van der Waals surface area contributed by atoms with E-state index in [0.29, 0.717) is 36.8 Å². The largest absolute Gasteiger partial charge is 0.491 e. The number of aromatic nitrogens is 1. The second-order valence-corrected chi connectivity index (χ2v) is 9.75. The maximum Gasteiger partial charge on any atom is 0.183 e. The molecular weight excluding hydrogens is 456 g/mol. The van der Waals surface area contributed by atoms with E-state index in [1.807, 2.05) is 11.4 Å². The maximum atomic E-state index is 5.99. The molecule has 0 spiro atoms. The summed E-state index contributed by atoms with van der Waals surface area (Å²) < 4.78 is 18.0. The van der Waals surface area contributed by atoms with Crippen LogP contribution in [-0.4, -0.2) is 55.9 Å². The molecule has 0 amide bonds. The van der Waals surface area contributed by atoms with Crippen LogP contribution in [0.3, 0.4) is 0 Å². The molecule has 3 aromatic rings. The number of halogens is 1. The molecule has 33 heavy (non-hydrogen) atoms. The topological polar surface area (TPSA) is 43.8 Å². The van der Waals surface area contributed by atoms with Crippen molar-refractivity contribution in [2.24, 2.45) is 0 Å². The molecular formula is C26H31ClN2O3S. The molecule has 5 nitrogen and oxygen atoms in total. The Morgan fingerprint density at radius 2 is 1.94 bits per heavy atom. The molecule has 0 N–H and O–H groups in total. The summed E-state index contributed by atoms with van der Waals surface area (Å²) in [6.07, 6.45) is 0.926. The number of ether oxygens (including phenoxy) is 3. The smallest absolute Gasteiger partial charge is 0.183 e. The molecule has 1 fully saturated rings. The van der Waals surface area contributed by atoms with E-state index in [2.05, 4.69) is 65.3 Å². The minimum atomic E-state index is 0.000359. The summed E-state index contributed by atoms with van der Waals surface area (Å²) in [5, 5.41) is 1.99. The number of hydrogen-bond donors (Lipinski definition) is 0. The van der Waals surface area contributed by atoms with Crippen LogP contribution in [0, 0.1) is 0 Å². The lowest BCUT2D eigenvalue weighted by atomic mass is 10.00. The van der Waals surface area contributed by atoms with Crippen molar-refractivity contribution < 1.29 is 14.2 Å². The van der Waals surface area contributed by atoms with Gasteiger partial charge in [-0.3, -0.25) is 4.90 Å². The van der Waals surface area contributed by atoms with Gasteiger partial charge in [0.25, 0.3) is 0 Å². The molecule has 0 aliphatic carbocycles. The Balaban J connectivity index is 1.16. The highest BCUT2D eigenvalue weighted by molar-refractivity contribution is 7.13. The molecule has 1 aliphatic rings. The second kappa shape index (κ2) is 12.5. The van der Waals surface area contributed by atoms with Crippen molar-refractivity contribution in [2.75, 3.05) is 46.1 Å². The maximum absolute atomic E-state index is 5.99. The van der Waals surface area contributed by atoms with E-state index in [0.717, 1.165) is 37.5 Å². The lowest BCUT2D eigenvalue weighted by Crippen LogP contribution is -2.40. The van der Waals surface area contributed by atoms with Gasteiger partial charge in [-0.05, 0) is 35.6 Å². The molecule has 2 unspecified atom stereocenters. The Hall–Kier alpha value is -1.96. The molecule has 1 aromatic heterocycles. The fourth-order valence-corrected chi connectivity index (χ4v) is 4.81. The standard InChI is InChI=1S/C26H31ClN2O3S/c1-20(17-29-12-14-32-25(18-29)24-19-33-26(27)28-24)22-7-9-23(10-8-22)31-16-15-30-13-11-21-5-3-2-4-6-21/h2-10,19-20,25H,11-18H2,1H3. The van der Waals surface area contributed by atoms with Gasteiger partial charge in [-0.2, -0.15) is 0 Å². The average molecular weight is 487 g/mol. The predicted molar refractivity (Wildman–Crippen MR) is 134 cm³/mol. The van der Waals surface area contributed by atoms with Crippen LogP contribution in [0.4, 0.5) is 0 Å². The fourth-order valence-electron chi connectivity index (χ4n) is 4.00. The van der Waals surface area contributed by atoms with Crippen molar-refractivity contribution in [3.8, 4) is 5.75 Å². The third-order valence-electron chi connectivity index (χ3n) is 5.83.